The van der Waals surface area contributed by atoms with Gasteiger partial charge in [0, 0.05) is 0 Å². The maximum absolute atomic E-state index is 13.0. The topological polar surface area (TPSA) is 37.4 Å². The van der Waals surface area contributed by atoms with Crippen LogP contribution in [0.5, 0.6) is 0 Å². The van der Waals surface area contributed by atoms with Crippen LogP contribution in [0.15, 0.2) is 30.4 Å². The highest BCUT2D eigenvalue weighted by Crippen LogP contribution is 2.53. The summed E-state index contributed by atoms with van der Waals surface area (Å²) in [4.78, 5) is 27.5. The molecule has 22 heavy (non-hydrogen) atoms. The van der Waals surface area contributed by atoms with Crippen LogP contribution < -0.4 is 4.90 Å². The molecular weight excluding hydrogens is 274 g/mol. The normalized spacial score (nSPS) is 32.2. The van der Waals surface area contributed by atoms with E-state index in [4.69, 9.17) is 0 Å². The van der Waals surface area contributed by atoms with E-state index in [0.29, 0.717) is 0 Å². The number of fused-ring (bicyclic) bond motifs is 5. The van der Waals surface area contributed by atoms with Crippen molar-refractivity contribution in [2.24, 2.45) is 23.7 Å². The molecule has 2 aliphatic carbocycles. The summed E-state index contributed by atoms with van der Waals surface area (Å²) >= 11 is 0. The molecule has 3 aliphatic rings. The molecule has 1 aromatic carbocycles. The van der Waals surface area contributed by atoms with E-state index >= 15 is 0 Å². The summed E-state index contributed by atoms with van der Waals surface area (Å²) in [5, 5.41) is 0. The Balaban J connectivity index is 1.82. The highest BCUT2D eigenvalue weighted by atomic mass is 16.2. The van der Waals surface area contributed by atoms with Gasteiger partial charge in [-0.05, 0) is 42.2 Å². The Bertz CT molecular complexity index is 638. The SMILES string of the molecule is CCc1cccc(CC)c1N1C(=O)C2C(C1=O)[C@H]1C=C[C@@H]2C1. The largest absolute Gasteiger partial charge is 0.274 e. The summed E-state index contributed by atoms with van der Waals surface area (Å²) in [6.45, 7) is 4.16. The number of hydrogen-bond donors (Lipinski definition) is 0. The third-order valence-electron chi connectivity index (χ3n) is 5.66. The van der Waals surface area contributed by atoms with E-state index in [1.807, 2.05) is 18.2 Å². The average molecular weight is 295 g/mol. The monoisotopic (exact) mass is 295 g/mol. The number of imide groups is 1. The molecule has 1 saturated carbocycles. The van der Waals surface area contributed by atoms with E-state index < -0.39 is 0 Å². The van der Waals surface area contributed by atoms with Crippen LogP contribution in [0.2, 0.25) is 0 Å². The molecule has 1 saturated heterocycles. The van der Waals surface area contributed by atoms with Gasteiger partial charge in [-0.1, -0.05) is 44.2 Å². The first-order valence-electron chi connectivity index (χ1n) is 8.34. The Labute approximate surface area is 131 Å². The van der Waals surface area contributed by atoms with Crippen LogP contribution in [0.4, 0.5) is 5.69 Å². The number of allylic oxidation sites excluding steroid dienone is 2. The third kappa shape index (κ3) is 1.62. The van der Waals surface area contributed by atoms with E-state index in [2.05, 4.69) is 26.0 Å². The fourth-order valence-corrected chi connectivity index (χ4v) is 4.63. The minimum Gasteiger partial charge on any atom is -0.274 e. The predicted octanol–water partition coefficient (Wildman–Crippen LogP) is 3.12. The van der Waals surface area contributed by atoms with Crippen molar-refractivity contribution in [3.8, 4) is 0 Å². The molecule has 3 heteroatoms. The van der Waals surface area contributed by atoms with Crippen LogP contribution in [0, 0.1) is 23.7 Å². The number of carbonyl (C=O) groups excluding carboxylic acids is 2. The molecule has 1 aliphatic heterocycles. The van der Waals surface area contributed by atoms with Crippen LogP contribution in [0.1, 0.15) is 31.4 Å². The quantitative estimate of drug-likeness (QED) is 0.634. The summed E-state index contributed by atoms with van der Waals surface area (Å²) in [6, 6.07) is 6.10. The van der Waals surface area contributed by atoms with Crippen LogP contribution in [0.25, 0.3) is 0 Å². The fraction of sp³-hybridized carbons (Fsp3) is 0.474. The van der Waals surface area contributed by atoms with Gasteiger partial charge in [-0.15, -0.1) is 0 Å². The fourth-order valence-electron chi connectivity index (χ4n) is 4.63. The number of aryl methyl sites for hydroxylation is 2. The summed E-state index contributed by atoms with van der Waals surface area (Å²) in [5.74, 6) is 0.379. The molecular formula is C19H21NO2. The molecule has 2 amide bonds. The molecule has 3 nitrogen and oxygen atoms in total. The number of hydrogen-bond acceptors (Lipinski definition) is 2. The lowest BCUT2D eigenvalue weighted by Crippen LogP contribution is -2.34. The molecule has 2 fully saturated rings. The molecule has 114 valence electrons. The summed E-state index contributed by atoms with van der Waals surface area (Å²) < 4.78 is 0. The summed E-state index contributed by atoms with van der Waals surface area (Å²) in [5.41, 5.74) is 3.07. The maximum atomic E-state index is 13.0. The zero-order valence-corrected chi connectivity index (χ0v) is 13.1. The van der Waals surface area contributed by atoms with Crippen molar-refractivity contribution in [3.63, 3.8) is 0 Å². The number of anilines is 1. The van der Waals surface area contributed by atoms with Gasteiger partial charge in [0.25, 0.3) is 0 Å². The zero-order chi connectivity index (χ0) is 15.4. The van der Waals surface area contributed by atoms with Crippen molar-refractivity contribution in [1.82, 2.24) is 0 Å². The minimum absolute atomic E-state index is 0.0300. The second-order valence-electron chi connectivity index (χ2n) is 6.64. The van der Waals surface area contributed by atoms with E-state index in [9.17, 15) is 9.59 Å². The molecule has 1 aromatic rings. The van der Waals surface area contributed by atoms with E-state index in [1.165, 1.54) is 4.90 Å². The average Bonchev–Trinajstić information content (AvgIpc) is 3.21. The second-order valence-corrected chi connectivity index (χ2v) is 6.64. The Kier molecular flexibility index (Phi) is 3.00. The first-order valence-corrected chi connectivity index (χ1v) is 8.34. The third-order valence-corrected chi connectivity index (χ3v) is 5.66. The van der Waals surface area contributed by atoms with Gasteiger partial charge in [-0.3, -0.25) is 9.59 Å². The van der Waals surface area contributed by atoms with Gasteiger partial charge in [0.05, 0.1) is 17.5 Å². The molecule has 0 spiro atoms. The highest BCUT2D eigenvalue weighted by molar-refractivity contribution is 6.23. The van der Waals surface area contributed by atoms with Gasteiger partial charge in [-0.2, -0.15) is 0 Å². The number of para-hydroxylation sites is 1. The number of carbonyl (C=O) groups is 2. The van der Waals surface area contributed by atoms with Gasteiger partial charge < -0.3 is 0 Å². The van der Waals surface area contributed by atoms with Gasteiger partial charge in [0.15, 0.2) is 0 Å². The van der Waals surface area contributed by atoms with Gasteiger partial charge in [0.1, 0.15) is 0 Å². The van der Waals surface area contributed by atoms with Crippen molar-refractivity contribution in [3.05, 3.63) is 41.5 Å². The van der Waals surface area contributed by atoms with Crippen LogP contribution in [-0.4, -0.2) is 11.8 Å². The van der Waals surface area contributed by atoms with E-state index in [0.717, 1.165) is 36.1 Å². The Morgan fingerprint density at radius 1 is 0.955 bits per heavy atom. The van der Waals surface area contributed by atoms with Crippen molar-refractivity contribution < 1.29 is 9.59 Å². The summed E-state index contributed by atoms with van der Waals surface area (Å²) in [6.07, 6.45) is 6.94. The first-order chi connectivity index (χ1) is 10.7. The van der Waals surface area contributed by atoms with Gasteiger partial charge in [0.2, 0.25) is 11.8 Å². The van der Waals surface area contributed by atoms with E-state index in [-0.39, 0.29) is 35.5 Å². The van der Waals surface area contributed by atoms with Crippen LogP contribution >= 0.6 is 0 Å². The van der Waals surface area contributed by atoms with Crippen LogP contribution in [-0.2, 0) is 22.4 Å². The lowest BCUT2D eigenvalue weighted by molar-refractivity contribution is -0.123. The molecule has 4 atom stereocenters. The highest BCUT2D eigenvalue weighted by Gasteiger charge is 2.59. The molecule has 0 aromatic heterocycles. The Hall–Kier alpha value is -1.90. The molecule has 1 heterocycles. The number of benzene rings is 1. The number of rotatable bonds is 3. The lowest BCUT2D eigenvalue weighted by Gasteiger charge is -2.23. The smallest absolute Gasteiger partial charge is 0.238 e. The molecule has 2 unspecified atom stereocenters. The minimum atomic E-state index is -0.114. The Morgan fingerprint density at radius 3 is 1.91 bits per heavy atom. The Morgan fingerprint density at radius 2 is 1.45 bits per heavy atom. The zero-order valence-electron chi connectivity index (χ0n) is 13.1. The predicted molar refractivity (Wildman–Crippen MR) is 85.4 cm³/mol. The standard InChI is InChI=1S/C19H21NO2/c1-3-11-6-5-7-12(4-2)17(11)20-18(21)15-13-8-9-14(10-13)16(15)19(20)22/h5-9,13-16H,3-4,10H2,1-2H3/t13-,14+,15?,16?. The van der Waals surface area contributed by atoms with Crippen molar-refractivity contribution in [2.75, 3.05) is 4.90 Å². The molecule has 0 radical (unpaired) electrons. The van der Waals surface area contributed by atoms with Crippen LogP contribution in [0.3, 0.4) is 0 Å². The maximum Gasteiger partial charge on any atom is 0.238 e. The number of amides is 2. The van der Waals surface area contributed by atoms with Crippen molar-refractivity contribution in [1.29, 1.82) is 0 Å². The molecule has 4 rings (SSSR count). The van der Waals surface area contributed by atoms with Crippen molar-refractivity contribution in [2.45, 2.75) is 33.1 Å². The lowest BCUT2D eigenvalue weighted by atomic mass is 9.85. The first kappa shape index (κ1) is 13.7. The molecule has 0 N–H and O–H groups in total. The summed E-state index contributed by atoms with van der Waals surface area (Å²) in [7, 11) is 0. The van der Waals surface area contributed by atoms with Gasteiger partial charge in [-0.25, -0.2) is 4.90 Å². The number of nitrogens with zero attached hydrogens (tertiary/aromatic N) is 1. The second kappa shape index (κ2) is 4.80. The molecule has 2 bridgehead atoms. The van der Waals surface area contributed by atoms with E-state index in [1.54, 1.807) is 0 Å². The van der Waals surface area contributed by atoms with Crippen molar-refractivity contribution >= 4 is 17.5 Å². The van der Waals surface area contributed by atoms with Gasteiger partial charge >= 0.3 is 0 Å².